The number of rotatable bonds is 5. The number of fused-ring (bicyclic) bond motifs is 2. The van der Waals surface area contributed by atoms with Gasteiger partial charge in [-0.15, -0.1) is 0 Å². The number of nitriles is 1. The topological polar surface area (TPSA) is 79.6 Å². The Labute approximate surface area is 173 Å². The predicted molar refractivity (Wildman–Crippen MR) is 110 cm³/mol. The first-order valence-corrected chi connectivity index (χ1v) is 9.43. The van der Waals surface area contributed by atoms with Crippen molar-refractivity contribution in [2.45, 2.75) is 5.92 Å². The van der Waals surface area contributed by atoms with Gasteiger partial charge in [-0.25, -0.2) is 0 Å². The smallest absolute Gasteiger partial charge is 0.318 e. The summed E-state index contributed by atoms with van der Waals surface area (Å²) in [7, 11) is 0. The summed E-state index contributed by atoms with van der Waals surface area (Å²) >= 11 is 0. The molecule has 30 heavy (non-hydrogen) atoms. The molecule has 0 unspecified atom stereocenters. The Bertz CT molecular complexity index is 1080. The van der Waals surface area contributed by atoms with Gasteiger partial charge in [0, 0.05) is 16.8 Å². The van der Waals surface area contributed by atoms with Gasteiger partial charge in [-0.2, -0.15) is 5.26 Å². The molecular formula is C24H18N2O4. The minimum absolute atomic E-state index is 0.136. The van der Waals surface area contributed by atoms with Crippen LogP contribution in [0.25, 0.3) is 0 Å². The Balaban J connectivity index is 1.55. The van der Waals surface area contributed by atoms with E-state index < -0.39 is 24.4 Å². The molecule has 3 aromatic rings. The van der Waals surface area contributed by atoms with Gasteiger partial charge in [-0.3, -0.25) is 14.5 Å². The van der Waals surface area contributed by atoms with E-state index in [1.165, 1.54) is 4.90 Å². The average Bonchev–Trinajstić information content (AvgIpc) is 2.79. The molecule has 0 saturated carbocycles. The van der Waals surface area contributed by atoms with E-state index in [1.54, 1.807) is 36.4 Å². The van der Waals surface area contributed by atoms with E-state index in [1.807, 2.05) is 48.5 Å². The summed E-state index contributed by atoms with van der Waals surface area (Å²) < 4.78 is 11.3. The quantitative estimate of drug-likeness (QED) is 0.479. The summed E-state index contributed by atoms with van der Waals surface area (Å²) in [5.41, 5.74) is 1.94. The number of hydrogen-bond acceptors (Lipinski definition) is 5. The molecule has 0 bridgehead atoms. The van der Waals surface area contributed by atoms with Crippen molar-refractivity contribution in [1.29, 1.82) is 5.26 Å². The minimum Gasteiger partial charge on any atom is -0.457 e. The van der Waals surface area contributed by atoms with Crippen molar-refractivity contribution in [3.63, 3.8) is 0 Å². The number of esters is 1. The van der Waals surface area contributed by atoms with Crippen LogP contribution in [-0.4, -0.2) is 25.0 Å². The zero-order valence-corrected chi connectivity index (χ0v) is 16.0. The van der Waals surface area contributed by atoms with E-state index in [-0.39, 0.29) is 6.54 Å². The monoisotopic (exact) mass is 398 g/mol. The third kappa shape index (κ3) is 3.74. The number of para-hydroxylation sites is 3. The van der Waals surface area contributed by atoms with Gasteiger partial charge in [-0.1, -0.05) is 54.6 Å². The normalized spacial score (nSPS) is 12.0. The van der Waals surface area contributed by atoms with Gasteiger partial charge in [-0.05, 0) is 24.3 Å². The number of carbonyl (C=O) groups excluding carboxylic acids is 2. The van der Waals surface area contributed by atoms with Gasteiger partial charge in [0.05, 0.1) is 6.07 Å². The number of nitrogens with zero attached hydrogens (tertiary/aromatic N) is 2. The fraction of sp³-hybridized carbons (Fsp3) is 0.125. The maximum Gasteiger partial charge on any atom is 0.318 e. The van der Waals surface area contributed by atoms with Crippen LogP contribution in [0, 0.1) is 11.3 Å². The highest BCUT2D eigenvalue weighted by molar-refractivity contribution is 5.96. The van der Waals surface area contributed by atoms with Crippen LogP contribution in [0.1, 0.15) is 17.0 Å². The molecule has 0 fully saturated rings. The molecule has 4 rings (SSSR count). The Morgan fingerprint density at radius 3 is 2.07 bits per heavy atom. The molecule has 1 heterocycles. The zero-order chi connectivity index (χ0) is 20.9. The van der Waals surface area contributed by atoms with Crippen molar-refractivity contribution < 1.29 is 19.1 Å². The van der Waals surface area contributed by atoms with Crippen molar-refractivity contribution in [2.75, 3.05) is 18.1 Å². The molecule has 1 amide bonds. The van der Waals surface area contributed by atoms with E-state index in [0.717, 1.165) is 0 Å². The lowest BCUT2D eigenvalue weighted by Gasteiger charge is -2.27. The Morgan fingerprint density at radius 2 is 1.47 bits per heavy atom. The van der Waals surface area contributed by atoms with Crippen molar-refractivity contribution >= 4 is 17.6 Å². The third-order valence-corrected chi connectivity index (χ3v) is 4.85. The first-order chi connectivity index (χ1) is 14.7. The van der Waals surface area contributed by atoms with Gasteiger partial charge < -0.3 is 9.47 Å². The number of hydrogen-bond donors (Lipinski definition) is 0. The largest absolute Gasteiger partial charge is 0.457 e. The maximum atomic E-state index is 13.0. The Morgan fingerprint density at radius 1 is 0.900 bits per heavy atom. The van der Waals surface area contributed by atoms with Crippen molar-refractivity contribution in [1.82, 2.24) is 0 Å². The lowest BCUT2D eigenvalue weighted by atomic mass is 9.88. The summed E-state index contributed by atoms with van der Waals surface area (Å²) in [6, 6.07) is 25.3. The SMILES string of the molecule is N#CCN(C(=O)COC(=O)C1c2ccccc2Oc2ccccc21)c1ccccc1. The van der Waals surface area contributed by atoms with Gasteiger partial charge in [0.2, 0.25) is 0 Å². The molecule has 0 aliphatic carbocycles. The number of ether oxygens (including phenoxy) is 2. The number of anilines is 1. The zero-order valence-electron chi connectivity index (χ0n) is 16.0. The molecule has 0 atom stereocenters. The first-order valence-electron chi connectivity index (χ1n) is 9.43. The van der Waals surface area contributed by atoms with E-state index in [0.29, 0.717) is 28.3 Å². The van der Waals surface area contributed by atoms with Crippen LogP contribution >= 0.6 is 0 Å². The second kappa shape index (κ2) is 8.50. The van der Waals surface area contributed by atoms with Gasteiger partial charge in [0.25, 0.3) is 5.91 Å². The predicted octanol–water partition coefficient (Wildman–Crippen LogP) is 4.02. The van der Waals surface area contributed by atoms with Crippen LogP contribution in [0.2, 0.25) is 0 Å². The lowest BCUT2D eigenvalue weighted by molar-refractivity contribution is -0.148. The third-order valence-electron chi connectivity index (χ3n) is 4.85. The van der Waals surface area contributed by atoms with Crippen LogP contribution in [0.3, 0.4) is 0 Å². The van der Waals surface area contributed by atoms with Crippen molar-refractivity contribution in [3.05, 3.63) is 90.0 Å². The fourth-order valence-electron chi connectivity index (χ4n) is 3.46. The number of carbonyl (C=O) groups is 2. The van der Waals surface area contributed by atoms with Gasteiger partial charge >= 0.3 is 5.97 Å². The van der Waals surface area contributed by atoms with E-state index in [9.17, 15) is 9.59 Å². The summed E-state index contributed by atoms with van der Waals surface area (Å²) in [5.74, 6) is -0.541. The van der Waals surface area contributed by atoms with E-state index in [2.05, 4.69) is 0 Å². The van der Waals surface area contributed by atoms with Crippen LogP contribution in [0.15, 0.2) is 78.9 Å². The van der Waals surface area contributed by atoms with Crippen molar-refractivity contribution in [3.8, 4) is 17.6 Å². The highest BCUT2D eigenvalue weighted by Crippen LogP contribution is 2.44. The molecule has 0 saturated heterocycles. The van der Waals surface area contributed by atoms with Crippen LogP contribution in [0.5, 0.6) is 11.5 Å². The fourth-order valence-corrected chi connectivity index (χ4v) is 3.46. The molecule has 6 nitrogen and oxygen atoms in total. The molecule has 0 radical (unpaired) electrons. The summed E-state index contributed by atoms with van der Waals surface area (Å²) in [6.45, 7) is -0.597. The number of amides is 1. The highest BCUT2D eigenvalue weighted by Gasteiger charge is 2.34. The van der Waals surface area contributed by atoms with E-state index in [4.69, 9.17) is 14.7 Å². The van der Waals surface area contributed by atoms with Gasteiger partial charge in [0.1, 0.15) is 24.0 Å². The average molecular weight is 398 g/mol. The Hall–Kier alpha value is -4.11. The maximum absolute atomic E-state index is 13.0. The second-order valence-electron chi connectivity index (χ2n) is 6.69. The highest BCUT2D eigenvalue weighted by atomic mass is 16.5. The molecule has 0 aromatic heterocycles. The molecule has 0 N–H and O–H groups in total. The van der Waals surface area contributed by atoms with Crippen LogP contribution in [-0.2, 0) is 14.3 Å². The molecule has 1 aliphatic heterocycles. The molecule has 3 aromatic carbocycles. The summed E-state index contributed by atoms with van der Waals surface area (Å²) in [4.78, 5) is 27.0. The summed E-state index contributed by atoms with van der Waals surface area (Å²) in [5, 5.41) is 9.08. The van der Waals surface area contributed by atoms with Gasteiger partial charge in [0.15, 0.2) is 6.61 Å². The van der Waals surface area contributed by atoms with E-state index >= 15 is 0 Å². The van der Waals surface area contributed by atoms with Crippen molar-refractivity contribution in [2.24, 2.45) is 0 Å². The molecular weight excluding hydrogens is 380 g/mol. The standard InChI is InChI=1S/C24H18N2O4/c25-14-15-26(17-8-2-1-3-9-17)22(27)16-29-24(28)23-18-10-4-6-12-20(18)30-21-13-7-5-11-19(21)23/h1-13,23H,15-16H2. The lowest BCUT2D eigenvalue weighted by Crippen LogP contribution is -2.35. The second-order valence-corrected chi connectivity index (χ2v) is 6.69. The van der Waals surface area contributed by atoms with Crippen LogP contribution < -0.4 is 9.64 Å². The molecule has 0 spiro atoms. The number of benzene rings is 3. The Kier molecular flexibility index (Phi) is 5.44. The molecule has 1 aliphatic rings. The minimum atomic E-state index is -0.694. The molecule has 148 valence electrons. The summed E-state index contributed by atoms with van der Waals surface area (Å²) in [6.07, 6.45) is 0. The molecule has 6 heteroatoms. The van der Waals surface area contributed by atoms with Crippen LogP contribution in [0.4, 0.5) is 5.69 Å². The first kappa shape index (κ1) is 19.2.